The molecular weight excluding hydrogens is 332 g/mol. The van der Waals surface area contributed by atoms with Crippen molar-refractivity contribution in [3.63, 3.8) is 0 Å². The van der Waals surface area contributed by atoms with E-state index >= 15 is 0 Å². The van der Waals surface area contributed by atoms with Gasteiger partial charge in [-0.3, -0.25) is 9.48 Å². The average Bonchev–Trinajstić information content (AvgIpc) is 2.95. The first kappa shape index (κ1) is 19.5. The zero-order valence-electron chi connectivity index (χ0n) is 16.0. The lowest BCUT2D eigenvalue weighted by Crippen LogP contribution is -2.21. The summed E-state index contributed by atoms with van der Waals surface area (Å²) in [4.78, 5) is 12.0. The summed E-state index contributed by atoms with van der Waals surface area (Å²) in [6.45, 7) is 6.32. The van der Waals surface area contributed by atoms with Crippen molar-refractivity contribution < 1.29 is 14.3 Å². The Labute approximate surface area is 154 Å². The predicted molar refractivity (Wildman–Crippen MR) is 101 cm³/mol. The van der Waals surface area contributed by atoms with Crippen molar-refractivity contribution in [2.45, 2.75) is 40.2 Å². The second kappa shape index (κ2) is 9.03. The number of rotatable bonds is 8. The second-order valence-electron chi connectivity index (χ2n) is 6.15. The SMILES string of the molecule is COc1ccc(C/C(C)=N/NC(=O)CCn2nc(C)cc2C)cc1OC. The minimum absolute atomic E-state index is 0.135. The number of aryl methyl sites for hydroxylation is 3. The van der Waals surface area contributed by atoms with Crippen molar-refractivity contribution in [1.82, 2.24) is 15.2 Å². The fourth-order valence-corrected chi connectivity index (χ4v) is 2.65. The molecule has 2 aromatic rings. The van der Waals surface area contributed by atoms with Gasteiger partial charge in [-0.15, -0.1) is 0 Å². The highest BCUT2D eigenvalue weighted by atomic mass is 16.5. The summed E-state index contributed by atoms with van der Waals surface area (Å²) in [6.07, 6.45) is 0.938. The average molecular weight is 358 g/mol. The van der Waals surface area contributed by atoms with E-state index in [1.807, 2.05) is 49.7 Å². The number of ether oxygens (including phenoxy) is 2. The topological polar surface area (TPSA) is 77.7 Å². The summed E-state index contributed by atoms with van der Waals surface area (Å²) >= 11 is 0. The van der Waals surface area contributed by atoms with Crippen molar-refractivity contribution in [1.29, 1.82) is 0 Å². The Hall–Kier alpha value is -2.83. The maximum atomic E-state index is 12.0. The second-order valence-corrected chi connectivity index (χ2v) is 6.15. The molecule has 1 aromatic heterocycles. The number of nitrogens with one attached hydrogen (secondary N) is 1. The Bertz CT molecular complexity index is 796. The van der Waals surface area contributed by atoms with E-state index < -0.39 is 0 Å². The minimum atomic E-state index is -0.135. The molecule has 0 atom stereocenters. The molecular formula is C19H26N4O3. The summed E-state index contributed by atoms with van der Waals surface area (Å²) in [5.41, 5.74) is 6.43. The highest BCUT2D eigenvalue weighted by Gasteiger charge is 2.07. The van der Waals surface area contributed by atoms with Gasteiger partial charge in [-0.2, -0.15) is 10.2 Å². The van der Waals surface area contributed by atoms with Crippen LogP contribution in [0.2, 0.25) is 0 Å². The van der Waals surface area contributed by atoms with E-state index in [1.54, 1.807) is 14.2 Å². The molecule has 0 fully saturated rings. The molecule has 0 aliphatic rings. The lowest BCUT2D eigenvalue weighted by atomic mass is 10.1. The van der Waals surface area contributed by atoms with E-state index in [9.17, 15) is 4.79 Å². The summed E-state index contributed by atoms with van der Waals surface area (Å²) in [6, 6.07) is 7.70. The third kappa shape index (κ3) is 5.34. The number of hydrogen-bond donors (Lipinski definition) is 1. The van der Waals surface area contributed by atoms with Gasteiger partial charge in [0.15, 0.2) is 11.5 Å². The molecule has 0 radical (unpaired) electrons. The maximum absolute atomic E-state index is 12.0. The number of amides is 1. The molecule has 0 saturated heterocycles. The molecule has 0 aliphatic heterocycles. The molecule has 0 bridgehead atoms. The first-order valence-corrected chi connectivity index (χ1v) is 8.47. The van der Waals surface area contributed by atoms with Gasteiger partial charge in [-0.05, 0) is 44.5 Å². The molecule has 140 valence electrons. The van der Waals surface area contributed by atoms with Crippen LogP contribution in [-0.2, 0) is 17.8 Å². The molecule has 2 rings (SSSR count). The van der Waals surface area contributed by atoms with Crippen LogP contribution in [0, 0.1) is 13.8 Å². The van der Waals surface area contributed by atoms with Crippen molar-refractivity contribution in [3.8, 4) is 11.5 Å². The molecule has 1 N–H and O–H groups in total. The molecule has 0 saturated carbocycles. The van der Waals surface area contributed by atoms with Crippen LogP contribution >= 0.6 is 0 Å². The molecule has 26 heavy (non-hydrogen) atoms. The zero-order chi connectivity index (χ0) is 19.1. The molecule has 1 amide bonds. The smallest absolute Gasteiger partial charge is 0.241 e. The van der Waals surface area contributed by atoms with Gasteiger partial charge in [0, 0.05) is 24.2 Å². The molecule has 0 unspecified atom stereocenters. The van der Waals surface area contributed by atoms with Gasteiger partial charge in [0.05, 0.1) is 26.5 Å². The third-order valence-electron chi connectivity index (χ3n) is 3.93. The normalized spacial score (nSPS) is 11.3. The predicted octanol–water partition coefficient (Wildman–Crippen LogP) is 2.64. The van der Waals surface area contributed by atoms with E-state index in [1.165, 1.54) is 0 Å². The Morgan fingerprint density at radius 2 is 1.92 bits per heavy atom. The third-order valence-corrected chi connectivity index (χ3v) is 3.93. The van der Waals surface area contributed by atoms with E-state index in [2.05, 4.69) is 15.6 Å². The number of hydrogen-bond acceptors (Lipinski definition) is 5. The lowest BCUT2D eigenvalue weighted by Gasteiger charge is -2.09. The van der Waals surface area contributed by atoms with E-state index in [-0.39, 0.29) is 5.91 Å². The molecule has 0 spiro atoms. The van der Waals surface area contributed by atoms with Gasteiger partial charge in [0.2, 0.25) is 5.91 Å². The van der Waals surface area contributed by atoms with Crippen molar-refractivity contribution >= 4 is 11.6 Å². The van der Waals surface area contributed by atoms with E-state index in [4.69, 9.17) is 9.47 Å². The Morgan fingerprint density at radius 1 is 1.19 bits per heavy atom. The zero-order valence-corrected chi connectivity index (χ0v) is 16.0. The van der Waals surface area contributed by atoms with Crippen LogP contribution in [0.1, 0.15) is 30.3 Å². The quantitative estimate of drug-likeness (QED) is 0.581. The number of benzene rings is 1. The van der Waals surface area contributed by atoms with Crippen LogP contribution < -0.4 is 14.9 Å². The van der Waals surface area contributed by atoms with Crippen LogP contribution in [0.5, 0.6) is 11.5 Å². The number of hydrazone groups is 1. The van der Waals surface area contributed by atoms with Gasteiger partial charge < -0.3 is 9.47 Å². The van der Waals surface area contributed by atoms with E-state index in [0.29, 0.717) is 30.9 Å². The molecule has 0 aliphatic carbocycles. The number of methoxy groups -OCH3 is 2. The highest BCUT2D eigenvalue weighted by Crippen LogP contribution is 2.27. The standard InChI is InChI=1S/C19H26N4O3/c1-13(11-16-6-7-17(25-4)18(12-16)26-5)20-21-19(24)8-9-23-15(3)10-14(2)22-23/h6-7,10,12H,8-9,11H2,1-5H3,(H,21,24)/b20-13+. The van der Waals surface area contributed by atoms with Crippen LogP contribution in [-0.4, -0.2) is 35.6 Å². The summed E-state index contributed by atoms with van der Waals surface area (Å²) < 4.78 is 12.4. The number of carbonyl (C=O) groups excluding carboxylic acids is 1. The van der Waals surface area contributed by atoms with Gasteiger partial charge in [-0.1, -0.05) is 6.07 Å². The maximum Gasteiger partial charge on any atom is 0.241 e. The summed E-state index contributed by atoms with van der Waals surface area (Å²) in [7, 11) is 3.21. The van der Waals surface area contributed by atoms with Crippen LogP contribution in [0.4, 0.5) is 0 Å². The van der Waals surface area contributed by atoms with Crippen LogP contribution in [0.15, 0.2) is 29.4 Å². The molecule has 7 heteroatoms. The van der Waals surface area contributed by atoms with Gasteiger partial charge in [0.1, 0.15) is 0 Å². The van der Waals surface area contributed by atoms with Crippen LogP contribution in [0.25, 0.3) is 0 Å². The first-order chi connectivity index (χ1) is 12.4. The largest absolute Gasteiger partial charge is 0.493 e. The molecule has 1 aromatic carbocycles. The number of aromatic nitrogens is 2. The Morgan fingerprint density at radius 3 is 2.54 bits per heavy atom. The van der Waals surface area contributed by atoms with Gasteiger partial charge in [-0.25, -0.2) is 5.43 Å². The fraction of sp³-hybridized carbons (Fsp3) is 0.421. The summed E-state index contributed by atoms with van der Waals surface area (Å²) in [5.74, 6) is 1.22. The molecule has 1 heterocycles. The van der Waals surface area contributed by atoms with E-state index in [0.717, 1.165) is 22.7 Å². The van der Waals surface area contributed by atoms with Gasteiger partial charge in [0.25, 0.3) is 0 Å². The number of nitrogens with zero attached hydrogens (tertiary/aromatic N) is 3. The van der Waals surface area contributed by atoms with Crippen molar-refractivity contribution in [3.05, 3.63) is 41.2 Å². The minimum Gasteiger partial charge on any atom is -0.493 e. The Balaban J connectivity index is 1.87. The molecule has 7 nitrogen and oxygen atoms in total. The van der Waals surface area contributed by atoms with Gasteiger partial charge >= 0.3 is 0 Å². The first-order valence-electron chi connectivity index (χ1n) is 8.47. The van der Waals surface area contributed by atoms with Crippen molar-refractivity contribution in [2.75, 3.05) is 14.2 Å². The summed E-state index contributed by atoms with van der Waals surface area (Å²) in [5, 5.41) is 8.52. The van der Waals surface area contributed by atoms with Crippen molar-refractivity contribution in [2.24, 2.45) is 5.10 Å². The lowest BCUT2D eigenvalue weighted by molar-refractivity contribution is -0.121. The monoisotopic (exact) mass is 358 g/mol. The highest BCUT2D eigenvalue weighted by molar-refractivity contribution is 5.86. The fourth-order valence-electron chi connectivity index (χ4n) is 2.65. The van der Waals surface area contributed by atoms with Crippen LogP contribution in [0.3, 0.4) is 0 Å². The number of carbonyl (C=O) groups is 1. The Kier molecular flexibility index (Phi) is 6.77.